The van der Waals surface area contributed by atoms with Gasteiger partial charge in [-0.3, -0.25) is 9.98 Å². The first-order valence-electron chi connectivity index (χ1n) is 9.99. The van der Waals surface area contributed by atoms with Crippen LogP contribution in [0.4, 0.5) is 0 Å². The Kier molecular flexibility index (Phi) is 9.53. The molecule has 0 spiro atoms. The first kappa shape index (κ1) is 17.7. The number of hydrogen-bond donors (Lipinski definition) is 0. The molecule has 0 heterocycles. The molecule has 0 aromatic rings. The van der Waals surface area contributed by atoms with Gasteiger partial charge in [-0.1, -0.05) is 38.5 Å². The molecule has 0 saturated heterocycles. The second kappa shape index (κ2) is 11.8. The molecule has 0 unspecified atom stereocenters. The van der Waals surface area contributed by atoms with Crippen LogP contribution in [0.5, 0.6) is 0 Å². The molecule has 0 atom stereocenters. The van der Waals surface area contributed by atoms with Crippen molar-refractivity contribution >= 4 is 11.4 Å². The van der Waals surface area contributed by atoms with Crippen molar-refractivity contribution in [3.8, 4) is 0 Å². The zero-order valence-electron chi connectivity index (χ0n) is 14.6. The van der Waals surface area contributed by atoms with E-state index in [1.165, 1.54) is 114 Å². The van der Waals surface area contributed by atoms with Gasteiger partial charge < -0.3 is 0 Å². The standard InChI is InChI=1S/C20H36N2/c1(3-11-17-21-19-13-7-5-8-14-19)2-4-12-18-22-20-15-9-6-10-16-20/h1-18H2. The Hall–Kier alpha value is -0.660. The number of hydrogen-bond acceptors (Lipinski definition) is 2. The Bertz CT molecular complexity index is 294. The number of aliphatic imine (C=N–C) groups is 2. The molecular weight excluding hydrogens is 268 g/mol. The van der Waals surface area contributed by atoms with Gasteiger partial charge in [-0.25, -0.2) is 0 Å². The third kappa shape index (κ3) is 8.10. The monoisotopic (exact) mass is 304 g/mol. The predicted molar refractivity (Wildman–Crippen MR) is 98.5 cm³/mol. The summed E-state index contributed by atoms with van der Waals surface area (Å²) in [5, 5.41) is 0. The Morgan fingerprint density at radius 2 is 0.818 bits per heavy atom. The lowest BCUT2D eigenvalue weighted by molar-refractivity contribution is 0.597. The molecule has 0 N–H and O–H groups in total. The van der Waals surface area contributed by atoms with E-state index in [9.17, 15) is 0 Å². The quantitative estimate of drug-likeness (QED) is 0.457. The summed E-state index contributed by atoms with van der Waals surface area (Å²) < 4.78 is 0. The third-order valence-corrected chi connectivity index (χ3v) is 5.10. The molecule has 0 bridgehead atoms. The van der Waals surface area contributed by atoms with Gasteiger partial charge >= 0.3 is 0 Å². The zero-order valence-corrected chi connectivity index (χ0v) is 14.6. The van der Waals surface area contributed by atoms with Crippen LogP contribution in [0.3, 0.4) is 0 Å². The van der Waals surface area contributed by atoms with E-state index in [2.05, 4.69) is 0 Å². The molecule has 2 nitrogen and oxygen atoms in total. The van der Waals surface area contributed by atoms with E-state index in [0.717, 1.165) is 13.1 Å². The second-order valence-corrected chi connectivity index (χ2v) is 7.14. The van der Waals surface area contributed by atoms with Crippen LogP contribution in [-0.4, -0.2) is 24.5 Å². The molecule has 2 saturated carbocycles. The predicted octanol–water partition coefficient (Wildman–Crippen LogP) is 6.14. The van der Waals surface area contributed by atoms with Crippen LogP contribution >= 0.6 is 0 Å². The maximum atomic E-state index is 4.78. The summed E-state index contributed by atoms with van der Waals surface area (Å²) >= 11 is 0. The van der Waals surface area contributed by atoms with E-state index < -0.39 is 0 Å². The molecule has 0 aromatic carbocycles. The van der Waals surface area contributed by atoms with E-state index in [1.54, 1.807) is 0 Å². The van der Waals surface area contributed by atoms with Crippen molar-refractivity contribution in [2.75, 3.05) is 13.1 Å². The molecule has 22 heavy (non-hydrogen) atoms. The van der Waals surface area contributed by atoms with Gasteiger partial charge in [-0.05, 0) is 64.2 Å². The maximum Gasteiger partial charge on any atom is 0.0388 e. The van der Waals surface area contributed by atoms with Gasteiger partial charge in [0.2, 0.25) is 0 Å². The number of nitrogens with zero attached hydrogens (tertiary/aromatic N) is 2. The molecule has 2 aliphatic rings. The molecule has 2 rings (SSSR count). The van der Waals surface area contributed by atoms with E-state index in [-0.39, 0.29) is 0 Å². The second-order valence-electron chi connectivity index (χ2n) is 7.14. The van der Waals surface area contributed by atoms with Crippen LogP contribution in [0.2, 0.25) is 0 Å². The highest BCUT2D eigenvalue weighted by Crippen LogP contribution is 2.16. The molecule has 2 aliphatic carbocycles. The van der Waals surface area contributed by atoms with Crippen molar-refractivity contribution in [2.45, 2.75) is 103 Å². The van der Waals surface area contributed by atoms with Crippen LogP contribution < -0.4 is 0 Å². The summed E-state index contributed by atoms with van der Waals surface area (Å²) in [6, 6.07) is 0. The van der Waals surface area contributed by atoms with Gasteiger partial charge in [-0.15, -0.1) is 0 Å². The number of rotatable bonds is 9. The highest BCUT2D eigenvalue weighted by molar-refractivity contribution is 5.85. The zero-order chi connectivity index (χ0) is 15.3. The summed E-state index contributed by atoms with van der Waals surface area (Å²) in [5.41, 5.74) is 3.01. The number of unbranched alkanes of at least 4 members (excludes halogenated alkanes) is 5. The highest BCUT2D eigenvalue weighted by Gasteiger charge is 2.06. The van der Waals surface area contributed by atoms with Crippen LogP contribution in [0.15, 0.2) is 9.98 Å². The van der Waals surface area contributed by atoms with Crippen molar-refractivity contribution < 1.29 is 0 Å². The minimum Gasteiger partial charge on any atom is -0.294 e. The van der Waals surface area contributed by atoms with Gasteiger partial charge in [0.25, 0.3) is 0 Å². The largest absolute Gasteiger partial charge is 0.294 e. The lowest BCUT2D eigenvalue weighted by Crippen LogP contribution is -2.05. The van der Waals surface area contributed by atoms with E-state index in [1.807, 2.05) is 0 Å². The minimum absolute atomic E-state index is 1.09. The lowest BCUT2D eigenvalue weighted by Gasteiger charge is -2.12. The molecule has 0 aliphatic heterocycles. The van der Waals surface area contributed by atoms with Crippen molar-refractivity contribution in [2.24, 2.45) is 9.98 Å². The van der Waals surface area contributed by atoms with E-state index in [4.69, 9.17) is 9.98 Å². The molecule has 2 fully saturated rings. The van der Waals surface area contributed by atoms with Crippen LogP contribution in [-0.2, 0) is 0 Å². The van der Waals surface area contributed by atoms with Crippen molar-refractivity contribution in [1.29, 1.82) is 0 Å². The van der Waals surface area contributed by atoms with Gasteiger partial charge in [-0.2, -0.15) is 0 Å². The Balaban J connectivity index is 1.36. The molecule has 0 radical (unpaired) electrons. The fourth-order valence-corrected chi connectivity index (χ4v) is 3.64. The SMILES string of the molecule is C(CCCCN=C1CCCCC1)CCCN=C1CCCCC1. The Labute approximate surface area is 137 Å². The molecule has 0 amide bonds. The summed E-state index contributed by atoms with van der Waals surface area (Å²) in [7, 11) is 0. The normalized spacial score (nSPS) is 19.3. The molecule has 2 heteroatoms. The van der Waals surface area contributed by atoms with Gasteiger partial charge in [0, 0.05) is 24.5 Å². The van der Waals surface area contributed by atoms with Gasteiger partial charge in [0.1, 0.15) is 0 Å². The van der Waals surface area contributed by atoms with Gasteiger partial charge in [0.05, 0.1) is 0 Å². The molecule has 126 valence electrons. The highest BCUT2D eigenvalue weighted by atomic mass is 14.7. The van der Waals surface area contributed by atoms with Crippen LogP contribution in [0.1, 0.15) is 103 Å². The van der Waals surface area contributed by atoms with E-state index in [0.29, 0.717) is 0 Å². The van der Waals surface area contributed by atoms with Crippen LogP contribution in [0, 0.1) is 0 Å². The Morgan fingerprint density at radius 1 is 0.455 bits per heavy atom. The first-order chi connectivity index (χ1) is 10.9. The summed E-state index contributed by atoms with van der Waals surface area (Å²) in [4.78, 5) is 9.56. The van der Waals surface area contributed by atoms with E-state index >= 15 is 0 Å². The third-order valence-electron chi connectivity index (χ3n) is 5.10. The van der Waals surface area contributed by atoms with Gasteiger partial charge in [0.15, 0.2) is 0 Å². The summed E-state index contributed by atoms with van der Waals surface area (Å²) in [6.07, 6.45) is 21.6. The van der Waals surface area contributed by atoms with Crippen molar-refractivity contribution in [3.05, 3.63) is 0 Å². The summed E-state index contributed by atoms with van der Waals surface area (Å²) in [5.74, 6) is 0. The smallest absolute Gasteiger partial charge is 0.0388 e. The van der Waals surface area contributed by atoms with Crippen molar-refractivity contribution in [3.63, 3.8) is 0 Å². The topological polar surface area (TPSA) is 24.7 Å². The fourth-order valence-electron chi connectivity index (χ4n) is 3.64. The van der Waals surface area contributed by atoms with Crippen LogP contribution in [0.25, 0.3) is 0 Å². The van der Waals surface area contributed by atoms with Crippen molar-refractivity contribution in [1.82, 2.24) is 0 Å². The minimum atomic E-state index is 1.09. The lowest BCUT2D eigenvalue weighted by atomic mass is 9.98. The average Bonchev–Trinajstić information content (AvgIpc) is 2.58. The summed E-state index contributed by atoms with van der Waals surface area (Å²) in [6.45, 7) is 2.17. The first-order valence-corrected chi connectivity index (χ1v) is 9.99. The Morgan fingerprint density at radius 3 is 1.23 bits per heavy atom. The fraction of sp³-hybridized carbons (Fsp3) is 0.900. The maximum absolute atomic E-state index is 4.78. The molecule has 0 aromatic heterocycles. The molecular formula is C20H36N2. The average molecular weight is 305 g/mol.